The average molecular weight is 587 g/mol. The highest BCUT2D eigenvalue weighted by molar-refractivity contribution is 6.31. The summed E-state index contributed by atoms with van der Waals surface area (Å²) in [5, 5.41) is 55.0. The SMILES string of the molecule is COc1cc(O)c2c(c1)C(=O)C1=C(C2=O)C(c2c(OC)cc(O)c3c2C(=O)c2cc(C)c(O)cc2C3=O)C(O)C(C)(O)C1. The first-order valence-electron chi connectivity index (χ1n) is 13.2. The number of aryl methyl sites for hydroxylation is 1. The summed E-state index contributed by atoms with van der Waals surface area (Å²) in [5.41, 5.74) is -4.03. The molecule has 3 atom stereocenters. The molecule has 3 aromatic carbocycles. The second kappa shape index (κ2) is 9.25. The quantitative estimate of drug-likeness (QED) is 0.237. The summed E-state index contributed by atoms with van der Waals surface area (Å²) in [7, 11) is 2.53. The van der Waals surface area contributed by atoms with Crippen molar-refractivity contribution in [2.45, 2.75) is 37.9 Å². The lowest BCUT2D eigenvalue weighted by atomic mass is 9.63. The molecule has 0 amide bonds. The first kappa shape index (κ1) is 28.1. The monoisotopic (exact) mass is 586 g/mol. The fourth-order valence-corrected chi connectivity index (χ4v) is 6.42. The number of ether oxygens (including phenoxy) is 2. The summed E-state index contributed by atoms with van der Waals surface area (Å²) in [6, 6.07) is 5.91. The van der Waals surface area contributed by atoms with E-state index in [2.05, 4.69) is 0 Å². The van der Waals surface area contributed by atoms with Crippen LogP contribution in [-0.4, -0.2) is 74.6 Å². The molecule has 3 aliphatic rings. The van der Waals surface area contributed by atoms with Crippen LogP contribution >= 0.6 is 0 Å². The highest BCUT2D eigenvalue weighted by Gasteiger charge is 2.53. The van der Waals surface area contributed by atoms with Crippen LogP contribution in [0.1, 0.15) is 82.9 Å². The smallest absolute Gasteiger partial charge is 0.198 e. The van der Waals surface area contributed by atoms with E-state index in [1.165, 1.54) is 40.2 Å². The highest BCUT2D eigenvalue weighted by atomic mass is 16.5. The van der Waals surface area contributed by atoms with Crippen molar-refractivity contribution in [2.75, 3.05) is 14.2 Å². The van der Waals surface area contributed by atoms with E-state index in [9.17, 15) is 44.7 Å². The Morgan fingerprint density at radius 3 is 2.02 bits per heavy atom. The van der Waals surface area contributed by atoms with Crippen molar-refractivity contribution in [3.05, 3.63) is 86.0 Å². The van der Waals surface area contributed by atoms with Crippen LogP contribution in [-0.2, 0) is 0 Å². The molecule has 43 heavy (non-hydrogen) atoms. The van der Waals surface area contributed by atoms with Gasteiger partial charge in [-0.1, -0.05) is 0 Å². The Bertz CT molecular complexity index is 1880. The molecule has 0 aromatic heterocycles. The number of aliphatic hydroxyl groups excluding tert-OH is 1. The minimum atomic E-state index is -2.02. The number of Topliss-reactive ketones (excluding diaryl/α,β-unsaturated/α-hetero) is 2. The van der Waals surface area contributed by atoms with Gasteiger partial charge in [0.15, 0.2) is 23.1 Å². The van der Waals surface area contributed by atoms with E-state index in [4.69, 9.17) is 9.47 Å². The largest absolute Gasteiger partial charge is 0.508 e. The number of rotatable bonds is 3. The lowest BCUT2D eigenvalue weighted by Gasteiger charge is -2.44. The molecule has 220 valence electrons. The van der Waals surface area contributed by atoms with Crippen LogP contribution < -0.4 is 9.47 Å². The van der Waals surface area contributed by atoms with Crippen LogP contribution in [0, 0.1) is 6.92 Å². The van der Waals surface area contributed by atoms with Crippen molar-refractivity contribution in [3.8, 4) is 28.7 Å². The van der Waals surface area contributed by atoms with Crippen LogP contribution in [0.2, 0.25) is 0 Å². The molecular formula is C32H26O11. The third-order valence-corrected chi connectivity index (χ3v) is 8.56. The molecule has 11 nitrogen and oxygen atoms in total. The summed E-state index contributed by atoms with van der Waals surface area (Å²) in [6.45, 7) is 2.79. The van der Waals surface area contributed by atoms with Crippen molar-refractivity contribution in [1.29, 1.82) is 0 Å². The number of aromatic hydroxyl groups is 3. The lowest BCUT2D eigenvalue weighted by Crippen LogP contribution is -2.50. The molecule has 3 aromatic rings. The van der Waals surface area contributed by atoms with Crippen LogP contribution in [0.5, 0.6) is 28.7 Å². The first-order chi connectivity index (χ1) is 20.2. The number of carbonyl (C=O) groups excluding carboxylic acids is 4. The van der Waals surface area contributed by atoms with Crippen molar-refractivity contribution in [3.63, 3.8) is 0 Å². The van der Waals surface area contributed by atoms with E-state index in [1.807, 2.05) is 0 Å². The van der Waals surface area contributed by atoms with Gasteiger partial charge in [-0.15, -0.1) is 0 Å². The zero-order chi connectivity index (χ0) is 31.3. The third kappa shape index (κ3) is 3.75. The van der Waals surface area contributed by atoms with Gasteiger partial charge < -0.3 is 35.0 Å². The number of benzene rings is 3. The molecular weight excluding hydrogens is 560 g/mol. The Hall–Kier alpha value is -5.00. The number of hydrogen-bond acceptors (Lipinski definition) is 11. The Kier molecular flexibility index (Phi) is 6.05. The van der Waals surface area contributed by atoms with E-state index in [-0.39, 0.29) is 56.2 Å². The Morgan fingerprint density at radius 2 is 1.37 bits per heavy atom. The second-order valence-electron chi connectivity index (χ2n) is 11.2. The summed E-state index contributed by atoms with van der Waals surface area (Å²) < 4.78 is 10.6. The van der Waals surface area contributed by atoms with Gasteiger partial charge in [0.2, 0.25) is 0 Å². The van der Waals surface area contributed by atoms with Crippen molar-refractivity contribution < 1.29 is 54.2 Å². The Labute approximate surface area is 244 Å². The summed E-state index contributed by atoms with van der Waals surface area (Å²) in [4.78, 5) is 55.8. The van der Waals surface area contributed by atoms with Gasteiger partial charge in [0.25, 0.3) is 0 Å². The summed E-state index contributed by atoms with van der Waals surface area (Å²) in [6.07, 6.45) is -2.27. The maximum absolute atomic E-state index is 14.1. The van der Waals surface area contributed by atoms with E-state index < -0.39 is 69.8 Å². The predicted octanol–water partition coefficient (Wildman–Crippen LogP) is 2.88. The second-order valence-corrected chi connectivity index (χ2v) is 11.2. The van der Waals surface area contributed by atoms with Gasteiger partial charge in [-0.25, -0.2) is 0 Å². The molecule has 0 heterocycles. The zero-order valence-corrected chi connectivity index (χ0v) is 23.4. The fraction of sp³-hybridized carbons (Fsp3) is 0.250. The molecule has 0 saturated heterocycles. The molecule has 11 heteroatoms. The molecule has 0 fully saturated rings. The topological polar surface area (TPSA) is 188 Å². The molecule has 0 saturated carbocycles. The van der Waals surface area contributed by atoms with Gasteiger partial charge >= 0.3 is 0 Å². The number of phenols is 3. The number of aliphatic hydroxyl groups is 2. The van der Waals surface area contributed by atoms with E-state index in [0.29, 0.717) is 5.56 Å². The molecule has 0 bridgehead atoms. The molecule has 0 spiro atoms. The Balaban J connectivity index is 1.69. The molecule has 0 radical (unpaired) electrons. The molecule has 0 aliphatic heterocycles. The Morgan fingerprint density at radius 1 is 0.744 bits per heavy atom. The standard InChI is InChI=1S/C32H26O11/c1-11-5-13-14(8-17(11)33)28(37)23-19(35)9-20(43-4)24(25(23)29(13)38)26-22-16(10-32(2,41)31(26)40)27(36)15-6-12(42-3)7-18(34)21(15)30(22)39/h5-9,26,31,33-35,40-41H,10H2,1-4H3. The predicted molar refractivity (Wildman–Crippen MR) is 149 cm³/mol. The highest BCUT2D eigenvalue weighted by Crippen LogP contribution is 2.53. The van der Waals surface area contributed by atoms with Crippen molar-refractivity contribution in [1.82, 2.24) is 0 Å². The first-order valence-corrected chi connectivity index (χ1v) is 13.2. The number of ketones is 4. The minimum absolute atomic E-state index is 0.103. The van der Waals surface area contributed by atoms with E-state index in [0.717, 1.165) is 18.2 Å². The molecule has 6 rings (SSSR count). The van der Waals surface area contributed by atoms with Crippen LogP contribution in [0.4, 0.5) is 0 Å². The number of hydrogen-bond donors (Lipinski definition) is 5. The van der Waals surface area contributed by atoms with Gasteiger partial charge in [-0.3, -0.25) is 19.2 Å². The number of methoxy groups -OCH3 is 2. The number of phenolic OH excluding ortho intramolecular Hbond substituents is 3. The zero-order valence-electron chi connectivity index (χ0n) is 23.4. The number of fused-ring (bicyclic) bond motifs is 3. The normalized spacial score (nSPS) is 22.6. The van der Waals surface area contributed by atoms with Gasteiger partial charge in [0.05, 0.1) is 37.1 Å². The van der Waals surface area contributed by atoms with Crippen molar-refractivity contribution >= 4 is 23.1 Å². The van der Waals surface area contributed by atoms with Gasteiger partial charge in [0, 0.05) is 63.4 Å². The summed E-state index contributed by atoms with van der Waals surface area (Å²) in [5.74, 6) is -6.28. The fourth-order valence-electron chi connectivity index (χ4n) is 6.42. The molecule has 3 aliphatic carbocycles. The van der Waals surface area contributed by atoms with Gasteiger partial charge in [0.1, 0.15) is 28.7 Å². The van der Waals surface area contributed by atoms with Crippen LogP contribution in [0.25, 0.3) is 0 Å². The van der Waals surface area contributed by atoms with E-state index in [1.54, 1.807) is 0 Å². The van der Waals surface area contributed by atoms with E-state index >= 15 is 0 Å². The third-order valence-electron chi connectivity index (χ3n) is 8.56. The maximum Gasteiger partial charge on any atom is 0.198 e. The van der Waals surface area contributed by atoms with Crippen molar-refractivity contribution in [2.24, 2.45) is 0 Å². The van der Waals surface area contributed by atoms with Crippen LogP contribution in [0.3, 0.4) is 0 Å². The lowest BCUT2D eigenvalue weighted by molar-refractivity contribution is -0.0742. The maximum atomic E-state index is 14.1. The average Bonchev–Trinajstić information content (AvgIpc) is 2.95. The van der Waals surface area contributed by atoms with Crippen LogP contribution in [0.15, 0.2) is 41.5 Å². The molecule has 3 unspecified atom stereocenters. The molecule has 5 N–H and O–H groups in total. The summed E-state index contributed by atoms with van der Waals surface area (Å²) >= 11 is 0. The number of carbonyl (C=O) groups is 4. The minimum Gasteiger partial charge on any atom is -0.508 e. The van der Waals surface area contributed by atoms with Gasteiger partial charge in [-0.05, 0) is 37.6 Å². The van der Waals surface area contributed by atoms with Gasteiger partial charge in [-0.2, -0.15) is 0 Å².